The highest BCUT2D eigenvalue weighted by atomic mass is 16.5. The predicted molar refractivity (Wildman–Crippen MR) is 54.3 cm³/mol. The van der Waals surface area contributed by atoms with Gasteiger partial charge in [-0.1, -0.05) is 6.07 Å². The Morgan fingerprint density at radius 2 is 2.20 bits per heavy atom. The van der Waals surface area contributed by atoms with Gasteiger partial charge in [-0.3, -0.25) is 9.69 Å². The van der Waals surface area contributed by atoms with Crippen molar-refractivity contribution in [3.05, 3.63) is 24.4 Å². The summed E-state index contributed by atoms with van der Waals surface area (Å²) in [4.78, 5) is 27.7. The molecule has 0 fully saturated rings. The van der Waals surface area contributed by atoms with Crippen LogP contribution in [0.4, 0.5) is 5.82 Å². The van der Waals surface area contributed by atoms with Gasteiger partial charge in [-0.25, -0.2) is 9.78 Å². The van der Waals surface area contributed by atoms with E-state index in [1.54, 1.807) is 31.3 Å². The van der Waals surface area contributed by atoms with Crippen LogP contribution in [0.25, 0.3) is 0 Å². The van der Waals surface area contributed by atoms with Crippen LogP contribution in [0.1, 0.15) is 6.92 Å². The minimum Gasteiger partial charge on any atom is -0.459 e. The van der Waals surface area contributed by atoms with Gasteiger partial charge in [-0.2, -0.15) is 0 Å². The van der Waals surface area contributed by atoms with Gasteiger partial charge in [0.1, 0.15) is 5.82 Å². The minimum atomic E-state index is -0.870. The number of hydrogen-bond donors (Lipinski definition) is 0. The van der Waals surface area contributed by atoms with Crippen molar-refractivity contribution in [1.29, 1.82) is 0 Å². The van der Waals surface area contributed by atoms with Crippen LogP contribution in [0.5, 0.6) is 0 Å². The molecule has 0 aliphatic carbocycles. The summed E-state index contributed by atoms with van der Waals surface area (Å²) in [5, 5.41) is 0. The fourth-order valence-electron chi connectivity index (χ4n) is 0.986. The van der Waals surface area contributed by atoms with Crippen molar-refractivity contribution in [2.24, 2.45) is 0 Å². The Hall–Kier alpha value is -1.91. The molecule has 0 spiro atoms. The lowest BCUT2D eigenvalue weighted by atomic mass is 10.4. The van der Waals surface area contributed by atoms with E-state index in [-0.39, 0.29) is 6.61 Å². The Morgan fingerprint density at radius 3 is 2.73 bits per heavy atom. The highest BCUT2D eigenvalue weighted by Gasteiger charge is 2.21. The van der Waals surface area contributed by atoms with Gasteiger partial charge in [0.15, 0.2) is 0 Å². The first-order valence-electron chi connectivity index (χ1n) is 4.52. The largest absolute Gasteiger partial charge is 0.459 e. The fourth-order valence-corrected chi connectivity index (χ4v) is 0.986. The fraction of sp³-hybridized carbons (Fsp3) is 0.300. The molecule has 1 rings (SSSR count). The summed E-state index contributed by atoms with van der Waals surface area (Å²) in [7, 11) is 1.47. The maximum absolute atomic E-state index is 11.4. The van der Waals surface area contributed by atoms with Crippen molar-refractivity contribution in [3.8, 4) is 0 Å². The molecule has 1 aromatic heterocycles. The number of nitrogens with zero attached hydrogens (tertiary/aromatic N) is 2. The molecule has 5 nitrogen and oxygen atoms in total. The van der Waals surface area contributed by atoms with Crippen LogP contribution in [0.3, 0.4) is 0 Å². The molecule has 0 saturated carbocycles. The number of esters is 1. The second-order valence-corrected chi connectivity index (χ2v) is 2.77. The van der Waals surface area contributed by atoms with Crippen LogP contribution in [-0.2, 0) is 14.3 Å². The average molecular weight is 208 g/mol. The topological polar surface area (TPSA) is 59.5 Å². The Balaban J connectivity index is 2.73. The van der Waals surface area contributed by atoms with Crippen molar-refractivity contribution in [2.75, 3.05) is 18.6 Å². The lowest BCUT2D eigenvalue weighted by Crippen LogP contribution is -2.35. The zero-order chi connectivity index (χ0) is 11.3. The number of carbonyl (C=O) groups is 2. The van der Waals surface area contributed by atoms with E-state index >= 15 is 0 Å². The van der Waals surface area contributed by atoms with Gasteiger partial charge in [-0.15, -0.1) is 0 Å². The smallest absolute Gasteiger partial charge is 0.397 e. The van der Waals surface area contributed by atoms with E-state index in [1.165, 1.54) is 7.05 Å². The van der Waals surface area contributed by atoms with Gasteiger partial charge in [0, 0.05) is 13.2 Å². The van der Waals surface area contributed by atoms with Gasteiger partial charge in [-0.05, 0) is 19.1 Å². The molecular weight excluding hydrogens is 196 g/mol. The van der Waals surface area contributed by atoms with E-state index in [0.29, 0.717) is 5.82 Å². The molecule has 0 radical (unpaired) electrons. The van der Waals surface area contributed by atoms with Crippen LogP contribution < -0.4 is 4.90 Å². The maximum atomic E-state index is 11.4. The molecule has 1 aromatic rings. The summed E-state index contributed by atoms with van der Waals surface area (Å²) < 4.78 is 4.59. The highest BCUT2D eigenvalue weighted by molar-refractivity contribution is 6.37. The number of likely N-dealkylation sites (N-methyl/N-ethyl adjacent to an activating group) is 1. The molecule has 15 heavy (non-hydrogen) atoms. The number of carbonyl (C=O) groups excluding carboxylic acids is 2. The molecule has 1 amide bonds. The molecular formula is C10H12N2O3. The number of amides is 1. The van der Waals surface area contributed by atoms with Crippen LogP contribution in [0, 0.1) is 0 Å². The average Bonchev–Trinajstić information content (AvgIpc) is 2.28. The van der Waals surface area contributed by atoms with Gasteiger partial charge < -0.3 is 4.74 Å². The van der Waals surface area contributed by atoms with Gasteiger partial charge >= 0.3 is 11.9 Å². The molecule has 0 atom stereocenters. The molecule has 80 valence electrons. The second-order valence-electron chi connectivity index (χ2n) is 2.77. The van der Waals surface area contributed by atoms with Crippen molar-refractivity contribution in [1.82, 2.24) is 4.98 Å². The number of pyridine rings is 1. The third-order valence-corrected chi connectivity index (χ3v) is 1.75. The molecule has 0 aliphatic heterocycles. The second kappa shape index (κ2) is 5.09. The first kappa shape index (κ1) is 11.2. The Bertz CT molecular complexity index is 351. The summed E-state index contributed by atoms with van der Waals surface area (Å²) in [5.41, 5.74) is 0. The number of hydrogen-bond acceptors (Lipinski definition) is 4. The van der Waals surface area contributed by atoms with E-state index in [9.17, 15) is 9.59 Å². The van der Waals surface area contributed by atoms with Crippen LogP contribution in [0.15, 0.2) is 24.4 Å². The highest BCUT2D eigenvalue weighted by Crippen LogP contribution is 2.06. The summed E-state index contributed by atoms with van der Waals surface area (Å²) in [6, 6.07) is 5.10. The van der Waals surface area contributed by atoms with E-state index in [2.05, 4.69) is 9.72 Å². The van der Waals surface area contributed by atoms with Crippen LogP contribution >= 0.6 is 0 Å². The summed E-state index contributed by atoms with van der Waals surface area (Å²) in [5.74, 6) is -1.18. The summed E-state index contributed by atoms with van der Waals surface area (Å²) in [6.07, 6.45) is 1.55. The third kappa shape index (κ3) is 2.77. The summed E-state index contributed by atoms with van der Waals surface area (Å²) in [6.45, 7) is 1.83. The van der Waals surface area contributed by atoms with Gasteiger partial charge in [0.2, 0.25) is 0 Å². The quantitative estimate of drug-likeness (QED) is 0.527. The normalized spacial score (nSPS) is 9.47. The molecule has 0 bridgehead atoms. The van der Waals surface area contributed by atoms with E-state index in [1.807, 2.05) is 0 Å². The number of anilines is 1. The van der Waals surface area contributed by atoms with Crippen molar-refractivity contribution in [3.63, 3.8) is 0 Å². The number of rotatable bonds is 2. The Labute approximate surface area is 87.7 Å². The minimum absolute atomic E-state index is 0.181. The zero-order valence-corrected chi connectivity index (χ0v) is 8.64. The van der Waals surface area contributed by atoms with Crippen molar-refractivity contribution >= 4 is 17.7 Å². The predicted octanol–water partition coefficient (Wildman–Crippen LogP) is 0.607. The molecule has 0 saturated heterocycles. The molecule has 1 heterocycles. The zero-order valence-electron chi connectivity index (χ0n) is 8.64. The number of aromatic nitrogens is 1. The van der Waals surface area contributed by atoms with Crippen molar-refractivity contribution < 1.29 is 14.3 Å². The SMILES string of the molecule is CCOC(=O)C(=O)N(C)c1ccccn1. The molecule has 5 heteroatoms. The monoisotopic (exact) mass is 208 g/mol. The van der Waals surface area contributed by atoms with Crippen molar-refractivity contribution in [2.45, 2.75) is 6.92 Å². The third-order valence-electron chi connectivity index (χ3n) is 1.75. The van der Waals surface area contributed by atoms with Crippen LogP contribution in [-0.4, -0.2) is 30.5 Å². The maximum Gasteiger partial charge on any atom is 0.397 e. The molecule has 0 aliphatic rings. The molecule has 0 N–H and O–H groups in total. The standard InChI is InChI=1S/C10H12N2O3/c1-3-15-10(14)9(13)12(2)8-6-4-5-7-11-8/h4-7H,3H2,1-2H3. The van der Waals surface area contributed by atoms with E-state index in [0.717, 1.165) is 4.90 Å². The first-order valence-corrected chi connectivity index (χ1v) is 4.52. The van der Waals surface area contributed by atoms with E-state index < -0.39 is 11.9 Å². The van der Waals surface area contributed by atoms with Crippen LogP contribution in [0.2, 0.25) is 0 Å². The first-order chi connectivity index (χ1) is 7.16. The molecule has 0 unspecified atom stereocenters. The molecule has 0 aromatic carbocycles. The lowest BCUT2D eigenvalue weighted by molar-refractivity contribution is -0.153. The van der Waals surface area contributed by atoms with E-state index in [4.69, 9.17) is 0 Å². The van der Waals surface area contributed by atoms with Gasteiger partial charge in [0.25, 0.3) is 0 Å². The Morgan fingerprint density at radius 1 is 1.47 bits per heavy atom. The van der Waals surface area contributed by atoms with Gasteiger partial charge in [0.05, 0.1) is 6.61 Å². The summed E-state index contributed by atoms with van der Waals surface area (Å²) >= 11 is 0. The number of ether oxygens (including phenoxy) is 1. The Kier molecular flexibility index (Phi) is 3.79. The lowest BCUT2D eigenvalue weighted by Gasteiger charge is -2.14.